The first-order chi connectivity index (χ1) is 12.0. The minimum absolute atomic E-state index is 0.158. The molecule has 2 aromatic rings. The summed E-state index contributed by atoms with van der Waals surface area (Å²) in [6.07, 6.45) is 3.15. The fraction of sp³-hybridized carbons (Fsp3) is 0.118. The largest absolute Gasteiger partial charge is 0.468 e. The Kier molecular flexibility index (Phi) is 4.71. The molecule has 2 amide bonds. The number of para-hydroxylation sites is 1. The number of thioether (sulfide) groups is 1. The van der Waals surface area contributed by atoms with E-state index in [2.05, 4.69) is 4.74 Å². The van der Waals surface area contributed by atoms with Crippen molar-refractivity contribution in [2.45, 2.75) is 0 Å². The second kappa shape index (κ2) is 6.94. The Morgan fingerprint density at radius 1 is 1.24 bits per heavy atom. The lowest BCUT2D eigenvalue weighted by atomic mass is 10.3. The van der Waals surface area contributed by atoms with Crippen molar-refractivity contribution >= 4 is 35.0 Å². The summed E-state index contributed by atoms with van der Waals surface area (Å²) in [6, 6.07) is 9.63. The van der Waals surface area contributed by atoms with Crippen LogP contribution in [0.5, 0.6) is 0 Å². The van der Waals surface area contributed by atoms with Crippen LogP contribution in [0.25, 0.3) is 11.8 Å². The highest BCUT2D eigenvalue weighted by Crippen LogP contribution is 2.32. The van der Waals surface area contributed by atoms with Gasteiger partial charge in [0.05, 0.1) is 17.7 Å². The van der Waals surface area contributed by atoms with Gasteiger partial charge in [0.2, 0.25) is 0 Å². The molecule has 1 aliphatic rings. The maximum atomic E-state index is 14.0. The predicted molar refractivity (Wildman–Crippen MR) is 90.4 cm³/mol. The summed E-state index contributed by atoms with van der Waals surface area (Å²) in [5.74, 6) is -1.67. The summed E-state index contributed by atoms with van der Waals surface area (Å²) in [7, 11) is 1.18. The highest BCUT2D eigenvalue weighted by Gasteiger charge is 2.36. The van der Waals surface area contributed by atoms with Crippen LogP contribution in [0.2, 0.25) is 0 Å². The van der Waals surface area contributed by atoms with Crippen LogP contribution in [0.1, 0.15) is 5.69 Å². The second-order valence-corrected chi connectivity index (χ2v) is 6.09. The molecule has 128 valence electrons. The van der Waals surface area contributed by atoms with Gasteiger partial charge in [0.15, 0.2) is 0 Å². The number of ether oxygens (including phenoxy) is 1. The Labute approximate surface area is 146 Å². The molecular formula is C17H13FN2O4S. The number of hydrogen-bond donors (Lipinski definition) is 0. The molecule has 3 rings (SSSR count). The van der Waals surface area contributed by atoms with E-state index >= 15 is 0 Å². The molecule has 25 heavy (non-hydrogen) atoms. The zero-order valence-corrected chi connectivity index (χ0v) is 14.0. The molecule has 1 fully saturated rings. The number of hydrogen-bond acceptors (Lipinski definition) is 5. The van der Waals surface area contributed by atoms with Crippen molar-refractivity contribution in [1.82, 2.24) is 9.47 Å². The minimum Gasteiger partial charge on any atom is -0.468 e. The van der Waals surface area contributed by atoms with E-state index in [9.17, 15) is 18.8 Å². The molecule has 0 aliphatic carbocycles. The van der Waals surface area contributed by atoms with E-state index in [0.29, 0.717) is 11.4 Å². The smallest absolute Gasteiger partial charge is 0.325 e. The second-order valence-electron chi connectivity index (χ2n) is 5.10. The van der Waals surface area contributed by atoms with Crippen molar-refractivity contribution in [3.63, 3.8) is 0 Å². The van der Waals surface area contributed by atoms with Gasteiger partial charge >= 0.3 is 5.97 Å². The molecule has 1 aromatic carbocycles. The van der Waals surface area contributed by atoms with Gasteiger partial charge in [0.1, 0.15) is 12.4 Å². The first-order valence-electron chi connectivity index (χ1n) is 7.25. The molecule has 1 aliphatic heterocycles. The Bertz CT molecular complexity index is 890. The van der Waals surface area contributed by atoms with E-state index in [-0.39, 0.29) is 4.91 Å². The Morgan fingerprint density at radius 3 is 2.72 bits per heavy atom. The average Bonchev–Trinajstić information content (AvgIpc) is 3.15. The molecule has 0 unspecified atom stereocenters. The molecule has 0 radical (unpaired) electrons. The van der Waals surface area contributed by atoms with Gasteiger partial charge in [0.25, 0.3) is 11.1 Å². The predicted octanol–water partition coefficient (Wildman–Crippen LogP) is 2.83. The normalized spacial score (nSPS) is 15.9. The number of imide groups is 1. The van der Waals surface area contributed by atoms with E-state index in [1.54, 1.807) is 41.1 Å². The first-order valence-corrected chi connectivity index (χ1v) is 8.07. The lowest BCUT2D eigenvalue weighted by molar-refractivity contribution is -0.143. The van der Waals surface area contributed by atoms with Crippen molar-refractivity contribution in [3.8, 4) is 5.69 Å². The third-order valence-electron chi connectivity index (χ3n) is 3.56. The fourth-order valence-electron chi connectivity index (χ4n) is 2.34. The van der Waals surface area contributed by atoms with Crippen molar-refractivity contribution in [2.24, 2.45) is 0 Å². The fourth-order valence-corrected chi connectivity index (χ4v) is 3.17. The first kappa shape index (κ1) is 17.0. The topological polar surface area (TPSA) is 68.6 Å². The van der Waals surface area contributed by atoms with Gasteiger partial charge in [-0.2, -0.15) is 0 Å². The maximum absolute atomic E-state index is 14.0. The standard InChI is InChI=1S/C17H13FN2O4S/c1-24-15(21)10-20-16(22)14(25-17(20)23)9-11-5-4-8-19(11)13-7-3-2-6-12(13)18/h2-9H,10H2,1H3. The van der Waals surface area contributed by atoms with Gasteiger partial charge in [0, 0.05) is 11.9 Å². The molecule has 0 atom stereocenters. The number of methoxy groups -OCH3 is 1. The van der Waals surface area contributed by atoms with Crippen LogP contribution in [-0.4, -0.2) is 40.2 Å². The number of nitrogens with zero attached hydrogens (tertiary/aromatic N) is 2. The number of amides is 2. The van der Waals surface area contributed by atoms with Crippen LogP contribution in [0.3, 0.4) is 0 Å². The SMILES string of the molecule is COC(=O)CN1C(=O)SC(=Cc2cccn2-c2ccccc2F)C1=O. The number of benzene rings is 1. The van der Waals surface area contributed by atoms with Gasteiger partial charge in [-0.25, -0.2) is 4.39 Å². The number of carbonyl (C=O) groups is 3. The molecular weight excluding hydrogens is 347 g/mol. The number of halogens is 1. The Balaban J connectivity index is 1.92. The Morgan fingerprint density at radius 2 is 2.00 bits per heavy atom. The number of aromatic nitrogens is 1. The van der Waals surface area contributed by atoms with Gasteiger partial charge in [-0.05, 0) is 42.1 Å². The van der Waals surface area contributed by atoms with Crippen molar-refractivity contribution in [2.75, 3.05) is 13.7 Å². The molecule has 1 aromatic heterocycles. The summed E-state index contributed by atoms with van der Waals surface area (Å²) < 4.78 is 20.1. The summed E-state index contributed by atoms with van der Waals surface area (Å²) >= 11 is 0.724. The van der Waals surface area contributed by atoms with E-state index in [4.69, 9.17) is 0 Å². The number of esters is 1. The third-order valence-corrected chi connectivity index (χ3v) is 4.47. The molecule has 0 saturated carbocycles. The summed E-state index contributed by atoms with van der Waals surface area (Å²) in [6.45, 7) is -0.438. The maximum Gasteiger partial charge on any atom is 0.325 e. The molecule has 2 heterocycles. The molecule has 1 saturated heterocycles. The average molecular weight is 360 g/mol. The number of rotatable bonds is 4. The minimum atomic E-state index is -0.682. The van der Waals surface area contributed by atoms with Crippen LogP contribution >= 0.6 is 11.8 Å². The highest BCUT2D eigenvalue weighted by molar-refractivity contribution is 8.18. The van der Waals surface area contributed by atoms with Crippen molar-refractivity contribution < 1.29 is 23.5 Å². The lowest BCUT2D eigenvalue weighted by Crippen LogP contribution is -2.34. The highest BCUT2D eigenvalue weighted by atomic mass is 32.2. The zero-order chi connectivity index (χ0) is 18.0. The quantitative estimate of drug-likeness (QED) is 0.619. The summed E-state index contributed by atoms with van der Waals surface area (Å²) in [5.41, 5.74) is 0.862. The van der Waals surface area contributed by atoms with E-state index in [0.717, 1.165) is 16.7 Å². The van der Waals surface area contributed by atoms with E-state index < -0.39 is 29.5 Å². The van der Waals surface area contributed by atoms with Gasteiger partial charge in [-0.3, -0.25) is 19.3 Å². The molecule has 0 spiro atoms. The molecule has 0 N–H and O–H groups in total. The molecule has 0 bridgehead atoms. The summed E-state index contributed by atoms with van der Waals surface area (Å²) in [5, 5.41) is -0.550. The van der Waals surface area contributed by atoms with Crippen LogP contribution in [-0.2, 0) is 14.3 Å². The zero-order valence-electron chi connectivity index (χ0n) is 13.1. The van der Waals surface area contributed by atoms with Crippen LogP contribution in [0.4, 0.5) is 9.18 Å². The van der Waals surface area contributed by atoms with Crippen molar-refractivity contribution in [1.29, 1.82) is 0 Å². The van der Waals surface area contributed by atoms with Crippen molar-refractivity contribution in [3.05, 3.63) is 59.0 Å². The van der Waals surface area contributed by atoms with Gasteiger partial charge in [-0.1, -0.05) is 12.1 Å². The van der Waals surface area contributed by atoms with E-state index in [1.807, 2.05) is 0 Å². The Hall–Kier alpha value is -2.87. The van der Waals surface area contributed by atoms with Gasteiger partial charge in [-0.15, -0.1) is 0 Å². The third kappa shape index (κ3) is 3.34. The monoisotopic (exact) mass is 360 g/mol. The molecule has 8 heteroatoms. The van der Waals surface area contributed by atoms with Crippen LogP contribution in [0.15, 0.2) is 47.5 Å². The summed E-state index contributed by atoms with van der Waals surface area (Å²) in [4.78, 5) is 36.6. The van der Waals surface area contributed by atoms with Crippen LogP contribution in [0, 0.1) is 5.82 Å². The van der Waals surface area contributed by atoms with Gasteiger partial charge < -0.3 is 9.30 Å². The lowest BCUT2D eigenvalue weighted by Gasteiger charge is -2.10. The van der Waals surface area contributed by atoms with E-state index in [1.165, 1.54) is 19.3 Å². The number of carbonyl (C=O) groups excluding carboxylic acids is 3. The van der Waals surface area contributed by atoms with Crippen LogP contribution < -0.4 is 0 Å². The molecule has 6 nitrogen and oxygen atoms in total.